The number of hydrogen-bond acceptors (Lipinski definition) is 8. The van der Waals surface area contributed by atoms with Crippen LogP contribution in [-0.2, 0) is 10.0 Å². The van der Waals surface area contributed by atoms with E-state index in [1.807, 2.05) is 24.1 Å². The number of thiophene rings is 1. The molecule has 4 heterocycles. The van der Waals surface area contributed by atoms with Gasteiger partial charge in [0.2, 0.25) is 10.0 Å². The zero-order valence-electron chi connectivity index (χ0n) is 15.6. The van der Waals surface area contributed by atoms with Gasteiger partial charge in [0, 0.05) is 37.5 Å². The molecule has 12 heteroatoms. The normalized spacial score (nSPS) is 17.7. The average molecular weight is 472 g/mol. The highest BCUT2D eigenvalue weighted by Crippen LogP contribution is 2.36. The summed E-state index contributed by atoms with van der Waals surface area (Å²) >= 11 is 8.80. The molecule has 0 bridgehead atoms. The van der Waals surface area contributed by atoms with Crippen LogP contribution in [0.15, 0.2) is 29.1 Å². The molecule has 0 aliphatic carbocycles. The summed E-state index contributed by atoms with van der Waals surface area (Å²) in [5, 5.41) is 7.09. The van der Waals surface area contributed by atoms with Gasteiger partial charge in [-0.3, -0.25) is 4.79 Å². The number of nitrogens with zero attached hydrogens (tertiary/aromatic N) is 5. The van der Waals surface area contributed by atoms with E-state index >= 15 is 0 Å². The molecule has 0 amide bonds. The average Bonchev–Trinajstić information content (AvgIpc) is 3.45. The lowest BCUT2D eigenvalue weighted by atomic mass is 10.1. The van der Waals surface area contributed by atoms with Crippen molar-refractivity contribution in [2.24, 2.45) is 0 Å². The third kappa shape index (κ3) is 4.10. The van der Waals surface area contributed by atoms with Crippen molar-refractivity contribution in [2.45, 2.75) is 12.3 Å². The number of thiazole rings is 1. The van der Waals surface area contributed by atoms with E-state index in [1.54, 1.807) is 17.0 Å². The Morgan fingerprint density at radius 1 is 1.38 bits per heavy atom. The van der Waals surface area contributed by atoms with Gasteiger partial charge < -0.3 is 4.90 Å². The zero-order valence-corrected chi connectivity index (χ0v) is 18.9. The fourth-order valence-electron chi connectivity index (χ4n) is 3.27. The highest BCUT2D eigenvalue weighted by atomic mass is 35.5. The van der Waals surface area contributed by atoms with Crippen LogP contribution in [0, 0.1) is 0 Å². The molecule has 4 rings (SSSR count). The largest absolute Gasteiger partial charge is 0.321 e. The van der Waals surface area contributed by atoms with Gasteiger partial charge >= 0.3 is 0 Å². The van der Waals surface area contributed by atoms with E-state index in [0.717, 1.165) is 5.00 Å². The fraction of sp³-hybridized carbons (Fsp3) is 0.353. The molecular formula is C17H18ClN5O3S3. The highest BCUT2D eigenvalue weighted by molar-refractivity contribution is 7.88. The van der Waals surface area contributed by atoms with E-state index in [4.69, 9.17) is 11.6 Å². The molecule has 0 aromatic carbocycles. The van der Waals surface area contributed by atoms with Crippen LogP contribution < -0.4 is 4.90 Å². The Bertz CT molecular complexity index is 1140. The molecule has 29 heavy (non-hydrogen) atoms. The zero-order chi connectivity index (χ0) is 20.8. The molecule has 0 radical (unpaired) electrons. The maximum Gasteiger partial charge on any atom is 0.299 e. The summed E-state index contributed by atoms with van der Waals surface area (Å²) in [6.07, 6.45) is 1.86. The van der Waals surface area contributed by atoms with Crippen molar-refractivity contribution >= 4 is 61.0 Å². The minimum Gasteiger partial charge on any atom is -0.321 e. The summed E-state index contributed by atoms with van der Waals surface area (Å²) in [6.45, 7) is 0.802. The highest BCUT2D eigenvalue weighted by Gasteiger charge is 2.33. The molecule has 1 fully saturated rings. The van der Waals surface area contributed by atoms with Crippen LogP contribution in [0.1, 0.15) is 28.5 Å². The van der Waals surface area contributed by atoms with E-state index < -0.39 is 10.0 Å². The lowest BCUT2D eigenvalue weighted by Crippen LogP contribution is -2.27. The molecule has 3 aromatic rings. The van der Waals surface area contributed by atoms with Crippen molar-refractivity contribution in [1.29, 1.82) is 0 Å². The van der Waals surface area contributed by atoms with Crippen LogP contribution in [0.2, 0.25) is 4.34 Å². The Labute approximate surface area is 181 Å². The van der Waals surface area contributed by atoms with E-state index in [9.17, 15) is 13.2 Å². The first kappa shape index (κ1) is 20.5. The van der Waals surface area contributed by atoms with Crippen LogP contribution in [0.3, 0.4) is 0 Å². The summed E-state index contributed by atoms with van der Waals surface area (Å²) in [6, 6.07) is 5.51. The van der Waals surface area contributed by atoms with Gasteiger partial charge in [0.15, 0.2) is 0 Å². The molecule has 0 N–H and O–H groups in total. The number of anilines is 2. The molecule has 8 nitrogen and oxygen atoms in total. The molecule has 0 saturated carbocycles. The topological polar surface area (TPSA) is 88.4 Å². The lowest BCUT2D eigenvalue weighted by Gasteiger charge is -2.17. The number of halogens is 1. The SMILES string of the molecule is CN(c1ccc(Cl)s1)c1cc(C2CCN(S(C)(=O)=O)C2)nn1C(=O)c1cscn1. The maximum atomic E-state index is 13.0. The Balaban J connectivity index is 1.72. The number of carbonyl (C=O) groups excluding carboxylic acids is 1. The molecule has 1 aliphatic rings. The van der Waals surface area contributed by atoms with Crippen molar-refractivity contribution in [3.63, 3.8) is 0 Å². The first-order valence-electron chi connectivity index (χ1n) is 8.71. The van der Waals surface area contributed by atoms with Crippen molar-refractivity contribution in [3.8, 4) is 0 Å². The Kier molecular flexibility index (Phi) is 5.51. The van der Waals surface area contributed by atoms with Crippen molar-refractivity contribution in [3.05, 3.63) is 44.8 Å². The van der Waals surface area contributed by atoms with E-state index in [-0.39, 0.29) is 11.8 Å². The first-order chi connectivity index (χ1) is 13.7. The number of aromatic nitrogens is 3. The van der Waals surface area contributed by atoms with Gasteiger partial charge in [-0.15, -0.1) is 22.7 Å². The second-order valence-corrected chi connectivity index (χ2v) is 11.2. The quantitative estimate of drug-likeness (QED) is 0.567. The molecule has 154 valence electrons. The van der Waals surface area contributed by atoms with Gasteiger partial charge in [-0.05, 0) is 18.6 Å². The van der Waals surface area contributed by atoms with Gasteiger partial charge in [-0.25, -0.2) is 17.7 Å². The molecule has 0 spiro atoms. The maximum absolute atomic E-state index is 13.0. The molecule has 3 aromatic heterocycles. The minimum absolute atomic E-state index is 0.0757. The van der Waals surface area contributed by atoms with Crippen LogP contribution in [0.25, 0.3) is 0 Å². The standard InChI is InChI=1S/C17H18ClN5O3S3/c1-21(16-4-3-14(18)28-16)15-7-12(11-5-6-22(8-11)29(2,25)26)20-23(15)17(24)13-9-27-10-19-13/h3-4,7,9-11H,5-6,8H2,1-2H3. The van der Waals surface area contributed by atoms with Crippen LogP contribution in [0.5, 0.6) is 0 Å². The number of carbonyl (C=O) groups is 1. The van der Waals surface area contributed by atoms with Crippen LogP contribution in [-0.4, -0.2) is 59.8 Å². The fourth-order valence-corrected chi connectivity index (χ4v) is 5.69. The molecule has 1 saturated heterocycles. The first-order valence-corrected chi connectivity index (χ1v) is 12.7. The third-order valence-electron chi connectivity index (χ3n) is 4.82. The summed E-state index contributed by atoms with van der Waals surface area (Å²) in [5.41, 5.74) is 2.60. The molecule has 1 aliphatic heterocycles. The summed E-state index contributed by atoms with van der Waals surface area (Å²) in [5.74, 6) is 0.169. The molecular weight excluding hydrogens is 454 g/mol. The van der Waals surface area contributed by atoms with Crippen molar-refractivity contribution in [2.75, 3.05) is 31.3 Å². The number of rotatable bonds is 5. The van der Waals surface area contributed by atoms with E-state index in [0.29, 0.717) is 41.1 Å². The lowest BCUT2D eigenvalue weighted by molar-refractivity contribution is 0.0942. The number of hydrogen-bond donors (Lipinski definition) is 0. The Hall–Kier alpha value is -1.79. The summed E-state index contributed by atoms with van der Waals surface area (Å²) in [7, 11) is -1.42. The predicted molar refractivity (Wildman–Crippen MR) is 115 cm³/mol. The van der Waals surface area contributed by atoms with Gasteiger partial charge in [-0.1, -0.05) is 11.6 Å². The van der Waals surface area contributed by atoms with Crippen molar-refractivity contribution in [1.82, 2.24) is 19.1 Å². The minimum atomic E-state index is -3.26. The van der Waals surface area contributed by atoms with E-state index in [2.05, 4.69) is 10.1 Å². The second kappa shape index (κ2) is 7.80. The smallest absolute Gasteiger partial charge is 0.299 e. The Morgan fingerprint density at radius 3 is 2.76 bits per heavy atom. The van der Waals surface area contributed by atoms with Gasteiger partial charge in [0.05, 0.1) is 26.8 Å². The van der Waals surface area contributed by atoms with E-state index in [1.165, 1.54) is 37.9 Å². The second-order valence-electron chi connectivity index (χ2n) is 6.76. The summed E-state index contributed by atoms with van der Waals surface area (Å²) in [4.78, 5) is 19.0. The Morgan fingerprint density at radius 2 is 2.17 bits per heavy atom. The molecule has 1 unspecified atom stereocenters. The van der Waals surface area contributed by atoms with Crippen LogP contribution >= 0.6 is 34.3 Å². The monoisotopic (exact) mass is 471 g/mol. The van der Waals surface area contributed by atoms with Gasteiger partial charge in [-0.2, -0.15) is 9.78 Å². The summed E-state index contributed by atoms with van der Waals surface area (Å²) < 4.78 is 27.1. The third-order valence-corrected chi connectivity index (χ3v) is 7.99. The van der Waals surface area contributed by atoms with Crippen molar-refractivity contribution < 1.29 is 13.2 Å². The number of sulfonamides is 1. The molecule has 1 atom stereocenters. The van der Waals surface area contributed by atoms with Crippen LogP contribution in [0.4, 0.5) is 10.8 Å². The van der Waals surface area contributed by atoms with Gasteiger partial charge in [0.25, 0.3) is 5.91 Å². The predicted octanol–water partition coefficient (Wildman–Crippen LogP) is 3.26. The van der Waals surface area contributed by atoms with Gasteiger partial charge in [0.1, 0.15) is 11.5 Å².